The van der Waals surface area contributed by atoms with Gasteiger partial charge in [-0.15, -0.1) is 0 Å². The van der Waals surface area contributed by atoms with Crippen molar-refractivity contribution in [2.75, 3.05) is 0 Å². The molecule has 1 heteroatoms. The van der Waals surface area contributed by atoms with Crippen LogP contribution in [0.2, 0.25) is 0 Å². The summed E-state index contributed by atoms with van der Waals surface area (Å²) in [6.07, 6.45) is 3.48. The van der Waals surface area contributed by atoms with Gasteiger partial charge >= 0.3 is 0 Å². The van der Waals surface area contributed by atoms with E-state index in [0.29, 0.717) is 5.92 Å². The van der Waals surface area contributed by atoms with E-state index in [-0.39, 0.29) is 0 Å². The van der Waals surface area contributed by atoms with Crippen LogP contribution in [0.25, 0.3) is 0 Å². The lowest BCUT2D eigenvalue weighted by Gasteiger charge is -1.99. The molecule has 0 radical (unpaired) electrons. The highest BCUT2D eigenvalue weighted by atomic mass is 14.3. The van der Waals surface area contributed by atoms with Crippen LogP contribution in [0.4, 0.5) is 0 Å². The van der Waals surface area contributed by atoms with Crippen molar-refractivity contribution in [2.45, 2.75) is 26.2 Å². The second-order valence-corrected chi connectivity index (χ2v) is 2.68. The van der Waals surface area contributed by atoms with Gasteiger partial charge in [0.2, 0.25) is 0 Å². The van der Waals surface area contributed by atoms with Crippen LogP contribution in [0.1, 0.15) is 26.2 Å². The van der Waals surface area contributed by atoms with Crippen LogP contribution in [0.3, 0.4) is 0 Å². The van der Waals surface area contributed by atoms with Gasteiger partial charge in [-0.2, -0.15) is 5.26 Å². The third-order valence-corrected chi connectivity index (χ3v) is 1.84. The molecule has 1 nitrogen and oxygen atoms in total. The number of hydrogen-bond acceptors (Lipinski definition) is 1. The molecule has 1 fully saturated rings. The molecule has 0 bridgehead atoms. The normalized spacial score (nSPS) is 22.0. The van der Waals surface area contributed by atoms with Crippen molar-refractivity contribution in [1.29, 1.82) is 5.26 Å². The Hall–Kier alpha value is -0.510. The summed E-state index contributed by atoms with van der Waals surface area (Å²) in [5.41, 5.74) is 0. The molecule has 0 saturated heterocycles. The van der Waals surface area contributed by atoms with E-state index in [1.165, 1.54) is 12.8 Å². The van der Waals surface area contributed by atoms with Gasteiger partial charge in [0, 0.05) is 6.42 Å². The lowest BCUT2D eigenvalue weighted by atomic mass is 10.0. The maximum absolute atomic E-state index is 8.26. The number of nitriles is 1. The molecule has 0 aromatic heterocycles. The predicted molar refractivity (Wildman–Crippen MR) is 32.1 cm³/mol. The number of rotatable bonds is 2. The van der Waals surface area contributed by atoms with E-state index >= 15 is 0 Å². The molecule has 8 heavy (non-hydrogen) atoms. The van der Waals surface area contributed by atoms with E-state index in [1.807, 2.05) is 0 Å². The van der Waals surface area contributed by atoms with E-state index < -0.39 is 0 Å². The van der Waals surface area contributed by atoms with Crippen molar-refractivity contribution in [3.8, 4) is 6.07 Å². The van der Waals surface area contributed by atoms with Gasteiger partial charge in [-0.05, 0) is 24.7 Å². The topological polar surface area (TPSA) is 23.8 Å². The minimum absolute atomic E-state index is 0.667. The van der Waals surface area contributed by atoms with Crippen LogP contribution >= 0.6 is 0 Å². The van der Waals surface area contributed by atoms with Gasteiger partial charge < -0.3 is 0 Å². The van der Waals surface area contributed by atoms with Crippen molar-refractivity contribution >= 4 is 0 Å². The molecule has 1 aliphatic rings. The van der Waals surface area contributed by atoms with Crippen LogP contribution in [-0.4, -0.2) is 0 Å². The molecule has 0 N–H and O–H groups in total. The zero-order valence-electron chi connectivity index (χ0n) is 5.22. The lowest BCUT2D eigenvalue weighted by molar-refractivity contribution is 0.522. The van der Waals surface area contributed by atoms with Crippen LogP contribution in [0.5, 0.6) is 0 Å². The van der Waals surface area contributed by atoms with Crippen LogP contribution in [0.15, 0.2) is 0 Å². The van der Waals surface area contributed by atoms with Crippen molar-refractivity contribution in [3.05, 3.63) is 0 Å². The summed E-state index contributed by atoms with van der Waals surface area (Å²) in [5.74, 6) is 1.56. The van der Waals surface area contributed by atoms with Gasteiger partial charge in [-0.1, -0.05) is 6.92 Å². The lowest BCUT2D eigenvalue weighted by Crippen LogP contribution is -1.93. The molecular weight excluding hydrogens is 98.1 g/mol. The fraction of sp³-hybridized carbons (Fsp3) is 0.857. The Morgan fingerprint density at radius 1 is 1.75 bits per heavy atom. The fourth-order valence-electron chi connectivity index (χ4n) is 0.976. The first kappa shape index (κ1) is 5.62. The van der Waals surface area contributed by atoms with Crippen molar-refractivity contribution in [1.82, 2.24) is 0 Å². The van der Waals surface area contributed by atoms with Crippen molar-refractivity contribution in [2.24, 2.45) is 11.8 Å². The highest BCUT2D eigenvalue weighted by Crippen LogP contribution is 2.37. The molecule has 1 atom stereocenters. The van der Waals surface area contributed by atoms with E-state index in [9.17, 15) is 0 Å². The van der Waals surface area contributed by atoms with E-state index in [4.69, 9.17) is 5.26 Å². The molecule has 1 saturated carbocycles. The summed E-state index contributed by atoms with van der Waals surface area (Å²) in [5, 5.41) is 8.26. The van der Waals surface area contributed by atoms with Crippen LogP contribution in [-0.2, 0) is 0 Å². The van der Waals surface area contributed by atoms with Crippen molar-refractivity contribution in [3.63, 3.8) is 0 Å². The van der Waals surface area contributed by atoms with Gasteiger partial charge in [-0.3, -0.25) is 0 Å². The number of nitrogens with zero attached hydrogens (tertiary/aromatic N) is 1. The first-order chi connectivity index (χ1) is 3.84. The molecule has 44 valence electrons. The second kappa shape index (κ2) is 2.17. The molecule has 0 spiro atoms. The monoisotopic (exact) mass is 109 g/mol. The molecule has 0 aromatic carbocycles. The predicted octanol–water partition coefficient (Wildman–Crippen LogP) is 1.95. The van der Waals surface area contributed by atoms with E-state index in [0.717, 1.165) is 12.3 Å². The van der Waals surface area contributed by atoms with Crippen LogP contribution < -0.4 is 0 Å². The minimum atomic E-state index is 0.667. The summed E-state index contributed by atoms with van der Waals surface area (Å²) in [7, 11) is 0. The molecule has 0 amide bonds. The molecule has 0 heterocycles. The van der Waals surface area contributed by atoms with Gasteiger partial charge in [0.1, 0.15) is 0 Å². The average Bonchev–Trinajstić information content (AvgIpc) is 2.45. The summed E-state index contributed by atoms with van der Waals surface area (Å²) < 4.78 is 0. The molecule has 1 rings (SSSR count). The third-order valence-electron chi connectivity index (χ3n) is 1.84. The minimum Gasteiger partial charge on any atom is -0.198 e. The molecular formula is C7H11N. The summed E-state index contributed by atoms with van der Waals surface area (Å²) in [6.45, 7) is 2.17. The summed E-state index contributed by atoms with van der Waals surface area (Å²) in [6, 6.07) is 2.19. The molecule has 1 aliphatic carbocycles. The van der Waals surface area contributed by atoms with Gasteiger partial charge in [0.25, 0.3) is 0 Å². The molecule has 0 aliphatic heterocycles. The number of hydrogen-bond donors (Lipinski definition) is 0. The highest BCUT2D eigenvalue weighted by Gasteiger charge is 2.27. The Kier molecular flexibility index (Phi) is 1.53. The summed E-state index contributed by atoms with van der Waals surface area (Å²) >= 11 is 0. The fourth-order valence-corrected chi connectivity index (χ4v) is 0.976. The van der Waals surface area contributed by atoms with Crippen molar-refractivity contribution < 1.29 is 0 Å². The Morgan fingerprint density at radius 3 is 2.75 bits per heavy atom. The highest BCUT2D eigenvalue weighted by molar-refractivity contribution is 4.84. The largest absolute Gasteiger partial charge is 0.198 e. The van der Waals surface area contributed by atoms with Crippen LogP contribution in [0, 0.1) is 23.2 Å². The Labute approximate surface area is 50.3 Å². The maximum Gasteiger partial charge on any atom is 0.0624 e. The van der Waals surface area contributed by atoms with E-state index in [2.05, 4.69) is 13.0 Å². The maximum atomic E-state index is 8.26. The standard InChI is InChI=1S/C7H11N/c1-6(4-5-8)7-2-3-7/h6-7H,2-4H2,1H3/t6-/m1/s1. The smallest absolute Gasteiger partial charge is 0.0624 e. The first-order valence-corrected chi connectivity index (χ1v) is 3.21. The summed E-state index contributed by atoms with van der Waals surface area (Å²) in [4.78, 5) is 0. The zero-order valence-corrected chi connectivity index (χ0v) is 5.22. The Morgan fingerprint density at radius 2 is 2.38 bits per heavy atom. The SMILES string of the molecule is C[C@H](CC#N)C1CC1. The van der Waals surface area contributed by atoms with Gasteiger partial charge in [-0.25, -0.2) is 0 Å². The quantitative estimate of drug-likeness (QED) is 0.531. The van der Waals surface area contributed by atoms with Gasteiger partial charge in [0.15, 0.2) is 0 Å². The molecule has 0 aromatic rings. The third kappa shape index (κ3) is 1.23. The van der Waals surface area contributed by atoms with E-state index in [1.54, 1.807) is 0 Å². The first-order valence-electron chi connectivity index (χ1n) is 3.21. The Balaban J connectivity index is 2.15. The second-order valence-electron chi connectivity index (χ2n) is 2.68. The van der Waals surface area contributed by atoms with Gasteiger partial charge in [0.05, 0.1) is 6.07 Å². The average molecular weight is 109 g/mol. The molecule has 0 unspecified atom stereocenters. The zero-order chi connectivity index (χ0) is 5.98. The Bertz CT molecular complexity index is 108.